The molecule has 1 saturated heterocycles. The van der Waals surface area contributed by atoms with E-state index in [-0.39, 0.29) is 18.1 Å². The van der Waals surface area contributed by atoms with Crippen LogP contribution in [-0.2, 0) is 24.2 Å². The Balaban J connectivity index is 1.34. The van der Waals surface area contributed by atoms with Gasteiger partial charge in [0.05, 0.1) is 30.7 Å². The number of aliphatic hydroxyl groups excluding tert-OH is 1. The van der Waals surface area contributed by atoms with Gasteiger partial charge in [0, 0.05) is 31.6 Å². The van der Waals surface area contributed by atoms with Gasteiger partial charge in [0.2, 0.25) is 0 Å². The van der Waals surface area contributed by atoms with Crippen molar-refractivity contribution in [3.63, 3.8) is 0 Å². The molecule has 2 aliphatic heterocycles. The first-order valence-corrected chi connectivity index (χ1v) is 11.0. The number of anilines is 1. The Hall–Kier alpha value is -2.74. The molecule has 7 heteroatoms. The van der Waals surface area contributed by atoms with Crippen molar-refractivity contribution < 1.29 is 9.84 Å². The summed E-state index contributed by atoms with van der Waals surface area (Å²) in [6.07, 6.45) is 1.21. The van der Waals surface area contributed by atoms with E-state index >= 15 is 0 Å². The Kier molecular flexibility index (Phi) is 5.72. The monoisotopic (exact) mass is 420 g/mol. The number of benzene rings is 2. The van der Waals surface area contributed by atoms with Crippen molar-refractivity contribution in [1.29, 1.82) is 0 Å². The van der Waals surface area contributed by atoms with Crippen LogP contribution in [0.2, 0.25) is 0 Å². The molecular weight excluding hydrogens is 392 g/mol. The number of β-amino-alcohol motifs (C(OH)–C–C–N with tert-alkyl or cyclic N) is 1. The molecule has 2 atom stereocenters. The smallest absolute Gasteiger partial charge is 0.274 e. The summed E-state index contributed by atoms with van der Waals surface area (Å²) in [5, 5.41) is 20.2. The van der Waals surface area contributed by atoms with Gasteiger partial charge in [-0.1, -0.05) is 42.5 Å². The van der Waals surface area contributed by atoms with E-state index in [9.17, 15) is 9.90 Å². The molecule has 0 amide bonds. The van der Waals surface area contributed by atoms with Crippen LogP contribution in [0.3, 0.4) is 0 Å². The second-order valence-electron chi connectivity index (χ2n) is 8.49. The molecule has 1 aromatic heterocycles. The van der Waals surface area contributed by atoms with E-state index in [1.165, 1.54) is 15.8 Å². The number of aromatic nitrogens is 2. The van der Waals surface area contributed by atoms with Crippen molar-refractivity contribution >= 4 is 16.6 Å². The van der Waals surface area contributed by atoms with Crippen LogP contribution in [-0.4, -0.2) is 58.2 Å². The summed E-state index contributed by atoms with van der Waals surface area (Å²) in [7, 11) is 0. The lowest BCUT2D eigenvalue weighted by atomic mass is 10.00. The second kappa shape index (κ2) is 8.78. The highest BCUT2D eigenvalue weighted by Gasteiger charge is 2.21. The van der Waals surface area contributed by atoms with Gasteiger partial charge in [-0.2, -0.15) is 5.10 Å². The highest BCUT2D eigenvalue weighted by molar-refractivity contribution is 5.91. The molecule has 5 rings (SSSR count). The van der Waals surface area contributed by atoms with Crippen LogP contribution in [0.4, 0.5) is 5.82 Å². The van der Waals surface area contributed by atoms with E-state index < -0.39 is 6.10 Å². The molecule has 31 heavy (non-hydrogen) atoms. The molecule has 2 aliphatic rings. The van der Waals surface area contributed by atoms with Gasteiger partial charge in [-0.25, -0.2) is 4.68 Å². The maximum atomic E-state index is 13.0. The standard InChI is InChI=1S/C24H28N4O3/c29-20(14-27-11-9-17-5-1-2-6-18(17)13-27)15-28-24(30)22-8-4-3-7-21(22)23(26-28)25-19-10-12-31-16-19/h1-8,19-20,29H,9-16H2,(H,25,26)/t19?,20-/m1/s1. The molecule has 1 unspecified atom stereocenters. The van der Waals surface area contributed by atoms with E-state index in [1.807, 2.05) is 24.3 Å². The van der Waals surface area contributed by atoms with Gasteiger partial charge >= 0.3 is 0 Å². The third-order valence-electron chi connectivity index (χ3n) is 6.20. The Morgan fingerprint density at radius 2 is 1.87 bits per heavy atom. The van der Waals surface area contributed by atoms with Crippen molar-refractivity contribution in [2.45, 2.75) is 38.1 Å². The number of nitrogens with one attached hydrogen (secondary N) is 1. The molecule has 0 spiro atoms. The summed E-state index contributed by atoms with van der Waals surface area (Å²) in [5.74, 6) is 0.671. The lowest BCUT2D eigenvalue weighted by molar-refractivity contribution is 0.0879. The molecule has 2 N–H and O–H groups in total. The van der Waals surface area contributed by atoms with E-state index in [2.05, 4.69) is 39.6 Å². The molecule has 0 radical (unpaired) electrons. The second-order valence-corrected chi connectivity index (χ2v) is 8.49. The lowest BCUT2D eigenvalue weighted by Gasteiger charge is -2.30. The van der Waals surface area contributed by atoms with Crippen molar-refractivity contribution in [3.8, 4) is 0 Å². The summed E-state index contributed by atoms with van der Waals surface area (Å²) < 4.78 is 6.87. The van der Waals surface area contributed by atoms with E-state index in [0.717, 1.165) is 37.9 Å². The fourth-order valence-corrected chi connectivity index (χ4v) is 4.57. The fraction of sp³-hybridized carbons (Fsp3) is 0.417. The van der Waals surface area contributed by atoms with Crippen LogP contribution in [0.1, 0.15) is 17.5 Å². The number of fused-ring (bicyclic) bond motifs is 2. The quantitative estimate of drug-likeness (QED) is 0.635. The van der Waals surface area contributed by atoms with Crippen LogP contribution >= 0.6 is 0 Å². The van der Waals surface area contributed by atoms with Crippen LogP contribution < -0.4 is 10.9 Å². The molecule has 2 aromatic carbocycles. The zero-order valence-electron chi connectivity index (χ0n) is 17.5. The fourth-order valence-electron chi connectivity index (χ4n) is 4.57. The van der Waals surface area contributed by atoms with Crippen molar-refractivity contribution in [1.82, 2.24) is 14.7 Å². The molecular formula is C24H28N4O3. The van der Waals surface area contributed by atoms with Crippen molar-refractivity contribution in [2.75, 3.05) is 31.6 Å². The lowest BCUT2D eigenvalue weighted by Crippen LogP contribution is -2.40. The van der Waals surface area contributed by atoms with Crippen LogP contribution in [0.15, 0.2) is 53.3 Å². The van der Waals surface area contributed by atoms with Crippen LogP contribution in [0.25, 0.3) is 10.8 Å². The van der Waals surface area contributed by atoms with Gasteiger partial charge < -0.3 is 15.2 Å². The molecule has 1 fully saturated rings. The topological polar surface area (TPSA) is 79.6 Å². The van der Waals surface area contributed by atoms with E-state index in [0.29, 0.717) is 24.4 Å². The first kappa shape index (κ1) is 20.2. The van der Waals surface area contributed by atoms with Gasteiger partial charge in [-0.05, 0) is 30.0 Å². The van der Waals surface area contributed by atoms with Crippen LogP contribution in [0.5, 0.6) is 0 Å². The summed E-state index contributed by atoms with van der Waals surface area (Å²) in [6, 6.07) is 16.1. The van der Waals surface area contributed by atoms with Crippen molar-refractivity contribution in [3.05, 3.63) is 70.0 Å². The predicted molar refractivity (Wildman–Crippen MR) is 120 cm³/mol. The van der Waals surface area contributed by atoms with Gasteiger partial charge in [0.15, 0.2) is 5.82 Å². The number of aliphatic hydroxyl groups is 1. The number of nitrogens with zero attached hydrogens (tertiary/aromatic N) is 3. The maximum absolute atomic E-state index is 13.0. The molecule has 0 aliphatic carbocycles. The summed E-state index contributed by atoms with van der Waals surface area (Å²) in [5.41, 5.74) is 2.52. The number of hydrogen-bond acceptors (Lipinski definition) is 6. The van der Waals surface area contributed by atoms with E-state index in [4.69, 9.17) is 4.74 Å². The number of ether oxygens (including phenoxy) is 1. The van der Waals surface area contributed by atoms with Gasteiger partial charge in [-0.3, -0.25) is 9.69 Å². The molecule has 3 aromatic rings. The first-order chi connectivity index (χ1) is 15.2. The molecule has 0 bridgehead atoms. The third-order valence-corrected chi connectivity index (χ3v) is 6.20. The summed E-state index contributed by atoms with van der Waals surface area (Å²) >= 11 is 0. The molecule has 3 heterocycles. The minimum atomic E-state index is -0.681. The third kappa shape index (κ3) is 4.35. The highest BCUT2D eigenvalue weighted by Crippen LogP contribution is 2.21. The average molecular weight is 421 g/mol. The minimum Gasteiger partial charge on any atom is -0.390 e. The zero-order valence-corrected chi connectivity index (χ0v) is 17.5. The van der Waals surface area contributed by atoms with Gasteiger partial charge in [0.25, 0.3) is 5.56 Å². The highest BCUT2D eigenvalue weighted by atomic mass is 16.5. The number of rotatable bonds is 6. The maximum Gasteiger partial charge on any atom is 0.274 e. The van der Waals surface area contributed by atoms with Crippen molar-refractivity contribution in [2.24, 2.45) is 0 Å². The van der Waals surface area contributed by atoms with Crippen LogP contribution in [0, 0.1) is 0 Å². The normalized spacial score (nSPS) is 20.0. The largest absolute Gasteiger partial charge is 0.390 e. The Morgan fingerprint density at radius 3 is 2.68 bits per heavy atom. The summed E-state index contributed by atoms with van der Waals surface area (Å²) in [6.45, 7) is 3.76. The van der Waals surface area contributed by atoms with Gasteiger partial charge in [0.1, 0.15) is 0 Å². The predicted octanol–water partition coefficient (Wildman–Crippen LogP) is 2.02. The molecule has 0 saturated carbocycles. The zero-order chi connectivity index (χ0) is 21.2. The SMILES string of the molecule is O=c1c2ccccc2c(NC2CCOC2)nn1C[C@H](O)CN1CCc2ccccc2C1. The Labute approximate surface area is 181 Å². The first-order valence-electron chi connectivity index (χ1n) is 11.0. The average Bonchev–Trinajstić information content (AvgIpc) is 3.30. The Bertz CT molecular complexity index is 1120. The summed E-state index contributed by atoms with van der Waals surface area (Å²) in [4.78, 5) is 15.3. The van der Waals surface area contributed by atoms with E-state index in [1.54, 1.807) is 0 Å². The molecule has 7 nitrogen and oxygen atoms in total. The number of hydrogen-bond donors (Lipinski definition) is 2. The molecule has 162 valence electrons. The van der Waals surface area contributed by atoms with Gasteiger partial charge in [-0.15, -0.1) is 0 Å². The Morgan fingerprint density at radius 1 is 1.10 bits per heavy atom. The minimum absolute atomic E-state index is 0.164.